The van der Waals surface area contributed by atoms with Crippen molar-refractivity contribution in [3.8, 4) is 0 Å². The Morgan fingerprint density at radius 1 is 1.19 bits per heavy atom. The highest BCUT2D eigenvalue weighted by Crippen LogP contribution is 2.26. The van der Waals surface area contributed by atoms with Crippen molar-refractivity contribution in [3.05, 3.63) is 32.7 Å². The number of likely N-dealkylation sites (N-methyl/N-ethyl adjacent to an activating group) is 1. The Labute approximate surface area is 145 Å². The first-order chi connectivity index (χ1) is 10.1. The van der Waals surface area contributed by atoms with E-state index in [9.17, 15) is 0 Å². The molecule has 1 aliphatic heterocycles. The van der Waals surface area contributed by atoms with Crippen LogP contribution in [0.25, 0.3) is 0 Å². The first-order valence-electron chi connectivity index (χ1n) is 7.65. The summed E-state index contributed by atoms with van der Waals surface area (Å²) in [5, 5.41) is 3.63. The molecule has 0 saturated carbocycles. The first kappa shape index (κ1) is 17.4. The summed E-state index contributed by atoms with van der Waals surface area (Å²) in [6.45, 7) is 9.33. The molecule has 1 N–H and O–H groups in total. The lowest BCUT2D eigenvalue weighted by atomic mass is 10.1. The number of hydrogen-bond acceptors (Lipinski definition) is 3. The Morgan fingerprint density at radius 2 is 1.90 bits per heavy atom. The van der Waals surface area contributed by atoms with Gasteiger partial charge in [0, 0.05) is 41.2 Å². The zero-order valence-corrected chi connectivity index (χ0v) is 16.1. The van der Waals surface area contributed by atoms with Crippen LogP contribution in [-0.4, -0.2) is 56.1 Å². The number of rotatable bonds is 6. The SMILES string of the molecule is CC(NCCCN1CCN(C)CC1)c1ccc(Br)cc1Br. The summed E-state index contributed by atoms with van der Waals surface area (Å²) in [5.74, 6) is 0. The van der Waals surface area contributed by atoms with Gasteiger partial charge in [-0.25, -0.2) is 0 Å². The van der Waals surface area contributed by atoms with Gasteiger partial charge in [0.1, 0.15) is 0 Å². The molecule has 0 bridgehead atoms. The van der Waals surface area contributed by atoms with Gasteiger partial charge in [-0.3, -0.25) is 0 Å². The van der Waals surface area contributed by atoms with Crippen molar-refractivity contribution in [1.29, 1.82) is 0 Å². The van der Waals surface area contributed by atoms with Crippen LogP contribution < -0.4 is 5.32 Å². The Kier molecular flexibility index (Phi) is 7.16. The predicted molar refractivity (Wildman–Crippen MR) is 96.8 cm³/mol. The van der Waals surface area contributed by atoms with Crippen LogP contribution in [0.2, 0.25) is 0 Å². The number of benzene rings is 1. The van der Waals surface area contributed by atoms with Crippen LogP contribution in [0.1, 0.15) is 24.9 Å². The number of halogens is 2. The highest BCUT2D eigenvalue weighted by atomic mass is 79.9. The van der Waals surface area contributed by atoms with Crippen LogP contribution in [0.3, 0.4) is 0 Å². The van der Waals surface area contributed by atoms with E-state index in [0.29, 0.717) is 6.04 Å². The van der Waals surface area contributed by atoms with Crippen molar-refractivity contribution >= 4 is 31.9 Å². The van der Waals surface area contributed by atoms with Gasteiger partial charge in [0.05, 0.1) is 0 Å². The molecule has 1 fully saturated rings. The van der Waals surface area contributed by atoms with Crippen LogP contribution in [0.4, 0.5) is 0 Å². The van der Waals surface area contributed by atoms with Gasteiger partial charge in [-0.2, -0.15) is 0 Å². The van der Waals surface area contributed by atoms with Gasteiger partial charge in [0.2, 0.25) is 0 Å². The molecule has 5 heteroatoms. The largest absolute Gasteiger partial charge is 0.310 e. The van der Waals surface area contributed by atoms with Crippen LogP contribution in [-0.2, 0) is 0 Å². The van der Waals surface area contributed by atoms with Crippen molar-refractivity contribution in [2.45, 2.75) is 19.4 Å². The van der Waals surface area contributed by atoms with Crippen molar-refractivity contribution < 1.29 is 0 Å². The maximum absolute atomic E-state index is 3.64. The van der Waals surface area contributed by atoms with E-state index in [2.05, 4.69) is 79.1 Å². The molecule has 0 spiro atoms. The Balaban J connectivity index is 1.68. The standard InChI is InChI=1S/C16H25Br2N3/c1-13(15-5-4-14(17)12-16(15)18)19-6-3-7-21-10-8-20(2)9-11-21/h4-5,12-13,19H,3,6-11H2,1-2H3. The monoisotopic (exact) mass is 417 g/mol. The fourth-order valence-electron chi connectivity index (χ4n) is 2.66. The minimum absolute atomic E-state index is 0.375. The highest BCUT2D eigenvalue weighted by molar-refractivity contribution is 9.11. The maximum Gasteiger partial charge on any atom is 0.0302 e. The van der Waals surface area contributed by atoms with Gasteiger partial charge in [0.25, 0.3) is 0 Å². The smallest absolute Gasteiger partial charge is 0.0302 e. The van der Waals surface area contributed by atoms with Crippen LogP contribution >= 0.6 is 31.9 Å². The molecule has 1 atom stereocenters. The Morgan fingerprint density at radius 3 is 2.57 bits per heavy atom. The van der Waals surface area contributed by atoms with Crippen molar-refractivity contribution in [2.75, 3.05) is 46.3 Å². The lowest BCUT2D eigenvalue weighted by Gasteiger charge is -2.32. The van der Waals surface area contributed by atoms with Crippen LogP contribution in [0.5, 0.6) is 0 Å². The van der Waals surface area contributed by atoms with Gasteiger partial charge < -0.3 is 15.1 Å². The van der Waals surface area contributed by atoms with E-state index in [1.54, 1.807) is 0 Å². The van der Waals surface area contributed by atoms with Crippen LogP contribution in [0.15, 0.2) is 27.1 Å². The molecular formula is C16H25Br2N3. The van der Waals surface area contributed by atoms with E-state index >= 15 is 0 Å². The molecule has 0 amide bonds. The lowest BCUT2D eigenvalue weighted by molar-refractivity contribution is 0.152. The Hall–Kier alpha value is 0.0600. The normalized spacial score (nSPS) is 18.9. The van der Waals surface area contributed by atoms with Crippen molar-refractivity contribution in [2.24, 2.45) is 0 Å². The zero-order chi connectivity index (χ0) is 15.2. The topological polar surface area (TPSA) is 18.5 Å². The second kappa shape index (κ2) is 8.63. The second-order valence-corrected chi connectivity index (χ2v) is 7.61. The molecule has 0 radical (unpaired) electrons. The average Bonchev–Trinajstić information content (AvgIpc) is 2.45. The minimum Gasteiger partial charge on any atom is -0.310 e. The number of nitrogens with one attached hydrogen (secondary N) is 1. The number of nitrogens with zero attached hydrogens (tertiary/aromatic N) is 2. The molecule has 1 heterocycles. The molecule has 21 heavy (non-hydrogen) atoms. The first-order valence-corrected chi connectivity index (χ1v) is 9.24. The molecule has 1 aliphatic rings. The third-order valence-corrected chi connectivity index (χ3v) is 5.31. The van der Waals surface area contributed by atoms with E-state index in [-0.39, 0.29) is 0 Å². The molecular weight excluding hydrogens is 394 g/mol. The molecule has 1 aromatic rings. The van der Waals surface area contributed by atoms with Gasteiger partial charge in [-0.05, 0) is 51.2 Å². The summed E-state index contributed by atoms with van der Waals surface area (Å²) in [7, 11) is 2.21. The molecule has 2 rings (SSSR count). The zero-order valence-electron chi connectivity index (χ0n) is 12.9. The summed E-state index contributed by atoms with van der Waals surface area (Å²) < 4.78 is 2.27. The molecule has 0 aromatic heterocycles. The average molecular weight is 419 g/mol. The molecule has 1 unspecified atom stereocenters. The maximum atomic E-state index is 3.64. The fourth-order valence-corrected chi connectivity index (χ4v) is 4.05. The van der Waals surface area contributed by atoms with Gasteiger partial charge in [-0.1, -0.05) is 37.9 Å². The third kappa shape index (κ3) is 5.64. The molecule has 1 saturated heterocycles. The third-order valence-electron chi connectivity index (χ3n) is 4.13. The quantitative estimate of drug-likeness (QED) is 0.713. The summed E-state index contributed by atoms with van der Waals surface area (Å²) >= 11 is 7.14. The van der Waals surface area contributed by atoms with Gasteiger partial charge in [0.15, 0.2) is 0 Å². The molecule has 1 aromatic carbocycles. The Bertz CT molecular complexity index is 445. The summed E-state index contributed by atoms with van der Waals surface area (Å²) in [6.07, 6.45) is 1.21. The van der Waals surface area contributed by atoms with E-state index < -0.39 is 0 Å². The predicted octanol–water partition coefficient (Wildman–Crippen LogP) is 3.50. The van der Waals surface area contributed by atoms with E-state index in [1.807, 2.05) is 0 Å². The minimum atomic E-state index is 0.375. The van der Waals surface area contributed by atoms with Gasteiger partial charge >= 0.3 is 0 Å². The van der Waals surface area contributed by atoms with Crippen molar-refractivity contribution in [3.63, 3.8) is 0 Å². The fraction of sp³-hybridized carbons (Fsp3) is 0.625. The highest BCUT2D eigenvalue weighted by Gasteiger charge is 2.13. The molecule has 3 nitrogen and oxygen atoms in total. The van der Waals surface area contributed by atoms with Crippen molar-refractivity contribution in [1.82, 2.24) is 15.1 Å². The summed E-state index contributed by atoms with van der Waals surface area (Å²) in [5.41, 5.74) is 1.32. The molecule has 118 valence electrons. The number of piperazine rings is 1. The van der Waals surface area contributed by atoms with Crippen LogP contribution in [0, 0.1) is 0 Å². The van der Waals surface area contributed by atoms with E-state index in [0.717, 1.165) is 15.5 Å². The summed E-state index contributed by atoms with van der Waals surface area (Å²) in [4.78, 5) is 4.98. The lowest BCUT2D eigenvalue weighted by Crippen LogP contribution is -2.45. The molecule has 0 aliphatic carbocycles. The summed E-state index contributed by atoms with van der Waals surface area (Å²) in [6, 6.07) is 6.76. The van der Waals surface area contributed by atoms with E-state index in [4.69, 9.17) is 0 Å². The second-order valence-electron chi connectivity index (χ2n) is 5.84. The van der Waals surface area contributed by atoms with E-state index in [1.165, 1.54) is 44.7 Å². The van der Waals surface area contributed by atoms with Gasteiger partial charge in [-0.15, -0.1) is 0 Å². The number of hydrogen-bond donors (Lipinski definition) is 1.